The van der Waals surface area contributed by atoms with Crippen molar-refractivity contribution in [2.75, 3.05) is 34.9 Å². The molecule has 0 spiro atoms. The molecule has 0 aliphatic rings. The Labute approximate surface area is 162 Å². The number of methoxy groups -OCH3 is 2. The molecule has 0 aliphatic heterocycles. The largest absolute Gasteiger partial charge is 0.493 e. The maximum atomic E-state index is 13.2. The molecule has 0 aromatic heterocycles. The van der Waals surface area contributed by atoms with Crippen LogP contribution in [0.5, 0.6) is 11.5 Å². The number of rotatable bonds is 8. The number of amides is 1. The number of hydrogen-bond donors (Lipinski definition) is 1. The van der Waals surface area contributed by atoms with Crippen LogP contribution in [0.15, 0.2) is 36.4 Å². The van der Waals surface area contributed by atoms with E-state index in [1.807, 2.05) is 19.0 Å². The summed E-state index contributed by atoms with van der Waals surface area (Å²) >= 11 is 0. The van der Waals surface area contributed by atoms with E-state index in [0.717, 1.165) is 11.6 Å². The zero-order valence-electron chi connectivity index (χ0n) is 16.1. The highest BCUT2D eigenvalue weighted by Crippen LogP contribution is 2.34. The Kier molecular flexibility index (Phi) is 6.89. The van der Waals surface area contributed by atoms with Crippen LogP contribution >= 0.6 is 0 Å². The molecule has 2 aromatic rings. The molecule has 2 rings (SSSR count). The highest BCUT2D eigenvalue weighted by atomic mass is 19.1. The van der Waals surface area contributed by atoms with Gasteiger partial charge < -0.3 is 19.7 Å². The highest BCUT2D eigenvalue weighted by molar-refractivity contribution is 5.99. The first-order chi connectivity index (χ1) is 13.3. The van der Waals surface area contributed by atoms with Crippen LogP contribution in [0, 0.1) is 15.9 Å². The number of halogens is 1. The Morgan fingerprint density at radius 1 is 1.18 bits per heavy atom. The topological polar surface area (TPSA) is 93.9 Å². The first kappa shape index (κ1) is 21.1. The van der Waals surface area contributed by atoms with Crippen LogP contribution in [-0.2, 0) is 0 Å². The van der Waals surface area contributed by atoms with Crippen molar-refractivity contribution in [2.45, 2.75) is 6.04 Å². The number of benzene rings is 2. The standard InChI is InChI=1S/C19H22FN3O5/c1-22(2)16(12-5-7-13(20)8-6-12)11-21-19(24)14-9-17(27-3)18(28-4)10-15(14)23(25)26/h5-10,16H,11H2,1-4H3,(H,21,24)/t16-/m0/s1. The van der Waals surface area contributed by atoms with Crippen molar-refractivity contribution < 1.29 is 23.6 Å². The summed E-state index contributed by atoms with van der Waals surface area (Å²) in [6, 6.07) is 8.12. The molecule has 0 fully saturated rings. The van der Waals surface area contributed by atoms with Crippen LogP contribution < -0.4 is 14.8 Å². The van der Waals surface area contributed by atoms with Crippen molar-refractivity contribution in [3.8, 4) is 11.5 Å². The quantitative estimate of drug-likeness (QED) is 0.549. The van der Waals surface area contributed by atoms with Gasteiger partial charge in [0.25, 0.3) is 11.6 Å². The molecule has 0 bridgehead atoms. The molecule has 1 N–H and O–H groups in total. The van der Waals surface area contributed by atoms with Crippen molar-refractivity contribution >= 4 is 11.6 Å². The number of nitro groups is 1. The van der Waals surface area contributed by atoms with Crippen molar-refractivity contribution in [1.82, 2.24) is 10.2 Å². The Bertz CT molecular complexity index is 855. The zero-order chi connectivity index (χ0) is 20.8. The molecule has 1 atom stereocenters. The first-order valence-corrected chi connectivity index (χ1v) is 8.39. The summed E-state index contributed by atoms with van der Waals surface area (Å²) in [5.74, 6) is -0.614. The minimum absolute atomic E-state index is 0.140. The molecule has 2 aromatic carbocycles. The van der Waals surface area contributed by atoms with Crippen molar-refractivity contribution in [3.63, 3.8) is 0 Å². The molecular formula is C19H22FN3O5. The lowest BCUT2D eigenvalue weighted by Gasteiger charge is -2.25. The molecular weight excluding hydrogens is 369 g/mol. The van der Waals surface area contributed by atoms with Gasteiger partial charge in [-0.1, -0.05) is 12.1 Å². The van der Waals surface area contributed by atoms with E-state index in [-0.39, 0.29) is 35.5 Å². The normalized spacial score (nSPS) is 11.8. The van der Waals surface area contributed by atoms with Gasteiger partial charge in [-0.3, -0.25) is 14.9 Å². The predicted molar refractivity (Wildman–Crippen MR) is 101 cm³/mol. The van der Waals surface area contributed by atoms with Gasteiger partial charge in [0.2, 0.25) is 0 Å². The van der Waals surface area contributed by atoms with Crippen LogP contribution in [0.2, 0.25) is 0 Å². The molecule has 0 saturated heterocycles. The third-order valence-corrected chi connectivity index (χ3v) is 4.28. The lowest BCUT2D eigenvalue weighted by molar-refractivity contribution is -0.385. The van der Waals surface area contributed by atoms with Gasteiger partial charge in [0.1, 0.15) is 11.4 Å². The van der Waals surface area contributed by atoms with E-state index in [0.29, 0.717) is 0 Å². The average Bonchev–Trinajstić information content (AvgIpc) is 2.67. The third kappa shape index (κ3) is 4.74. The summed E-state index contributed by atoms with van der Waals surface area (Å²) in [5, 5.41) is 14.1. The van der Waals surface area contributed by atoms with E-state index in [4.69, 9.17) is 9.47 Å². The molecule has 1 amide bonds. The lowest BCUT2D eigenvalue weighted by Crippen LogP contribution is -2.34. The fourth-order valence-electron chi connectivity index (χ4n) is 2.77. The Morgan fingerprint density at radius 3 is 2.25 bits per heavy atom. The third-order valence-electron chi connectivity index (χ3n) is 4.28. The smallest absolute Gasteiger partial charge is 0.286 e. The Balaban J connectivity index is 2.27. The number of hydrogen-bond acceptors (Lipinski definition) is 6. The van der Waals surface area contributed by atoms with E-state index in [9.17, 15) is 19.3 Å². The van der Waals surface area contributed by atoms with Crippen LogP contribution in [0.3, 0.4) is 0 Å². The summed E-state index contributed by atoms with van der Waals surface area (Å²) in [6.07, 6.45) is 0. The summed E-state index contributed by atoms with van der Waals surface area (Å²) in [7, 11) is 6.37. The van der Waals surface area contributed by atoms with Crippen LogP contribution in [0.1, 0.15) is 22.0 Å². The molecule has 9 heteroatoms. The number of carbonyl (C=O) groups is 1. The van der Waals surface area contributed by atoms with Crippen LogP contribution in [0.4, 0.5) is 10.1 Å². The van der Waals surface area contributed by atoms with Crippen LogP contribution in [-0.4, -0.2) is 50.6 Å². The summed E-state index contributed by atoms with van der Waals surface area (Å²) < 4.78 is 23.4. The summed E-state index contributed by atoms with van der Waals surface area (Å²) in [5.41, 5.74) is 0.270. The maximum absolute atomic E-state index is 13.2. The predicted octanol–water partition coefficient (Wildman–Crippen LogP) is 2.78. The molecule has 0 saturated carbocycles. The molecule has 150 valence electrons. The molecule has 28 heavy (non-hydrogen) atoms. The number of nitro benzene ring substituents is 1. The van der Waals surface area contributed by atoms with E-state index < -0.39 is 16.5 Å². The first-order valence-electron chi connectivity index (χ1n) is 8.39. The van der Waals surface area contributed by atoms with E-state index in [1.54, 1.807) is 12.1 Å². The van der Waals surface area contributed by atoms with Crippen molar-refractivity contribution in [3.05, 3.63) is 63.5 Å². The minimum atomic E-state index is -0.653. The zero-order valence-corrected chi connectivity index (χ0v) is 16.1. The number of nitrogens with one attached hydrogen (secondary N) is 1. The van der Waals surface area contributed by atoms with Gasteiger partial charge in [-0.15, -0.1) is 0 Å². The fourth-order valence-corrected chi connectivity index (χ4v) is 2.77. The maximum Gasteiger partial charge on any atom is 0.286 e. The van der Waals surface area contributed by atoms with Gasteiger partial charge in [0, 0.05) is 12.6 Å². The SMILES string of the molecule is COc1cc(C(=O)NC[C@@H](c2ccc(F)cc2)N(C)C)c([N+](=O)[O-])cc1OC. The number of nitrogens with zero attached hydrogens (tertiary/aromatic N) is 2. The monoisotopic (exact) mass is 391 g/mol. The minimum Gasteiger partial charge on any atom is -0.493 e. The van der Waals surface area contributed by atoms with E-state index in [2.05, 4.69) is 5.32 Å². The van der Waals surface area contributed by atoms with Gasteiger partial charge in [0.15, 0.2) is 11.5 Å². The molecule has 8 nitrogen and oxygen atoms in total. The van der Waals surface area contributed by atoms with E-state index in [1.165, 1.54) is 32.4 Å². The van der Waals surface area contributed by atoms with Gasteiger partial charge >= 0.3 is 0 Å². The lowest BCUT2D eigenvalue weighted by atomic mass is 10.1. The van der Waals surface area contributed by atoms with Crippen molar-refractivity contribution in [1.29, 1.82) is 0 Å². The second-order valence-corrected chi connectivity index (χ2v) is 6.22. The summed E-state index contributed by atoms with van der Waals surface area (Å²) in [6.45, 7) is 0.170. The van der Waals surface area contributed by atoms with Gasteiger partial charge in [-0.25, -0.2) is 4.39 Å². The second kappa shape index (κ2) is 9.14. The molecule has 0 heterocycles. The van der Waals surface area contributed by atoms with E-state index >= 15 is 0 Å². The van der Waals surface area contributed by atoms with Gasteiger partial charge in [-0.2, -0.15) is 0 Å². The van der Waals surface area contributed by atoms with Gasteiger partial charge in [0.05, 0.1) is 31.3 Å². The number of likely N-dealkylation sites (N-methyl/N-ethyl adjacent to an activating group) is 1. The fraction of sp³-hybridized carbons (Fsp3) is 0.316. The van der Waals surface area contributed by atoms with Crippen molar-refractivity contribution in [2.24, 2.45) is 0 Å². The summed E-state index contributed by atoms with van der Waals surface area (Å²) in [4.78, 5) is 25.2. The molecule has 0 aliphatic carbocycles. The Morgan fingerprint density at radius 2 is 1.75 bits per heavy atom. The highest BCUT2D eigenvalue weighted by Gasteiger charge is 2.25. The number of ether oxygens (including phenoxy) is 2. The molecule has 0 unspecified atom stereocenters. The second-order valence-electron chi connectivity index (χ2n) is 6.22. The molecule has 0 radical (unpaired) electrons. The Hall–Kier alpha value is -3.20. The number of carbonyl (C=O) groups excluding carboxylic acids is 1. The van der Waals surface area contributed by atoms with Gasteiger partial charge in [-0.05, 0) is 31.8 Å². The van der Waals surface area contributed by atoms with Crippen LogP contribution in [0.25, 0.3) is 0 Å². The average molecular weight is 391 g/mol.